The second kappa shape index (κ2) is 6.81. The number of hydrogen-bond acceptors (Lipinski definition) is 2. The van der Waals surface area contributed by atoms with Gasteiger partial charge >= 0.3 is 0 Å². The topological polar surface area (TPSA) is 43.1 Å². The van der Waals surface area contributed by atoms with Crippen LogP contribution < -0.4 is 5.73 Å². The highest BCUT2D eigenvalue weighted by atomic mass is 79.9. The zero-order chi connectivity index (χ0) is 12.0. The fourth-order valence-electron chi connectivity index (χ4n) is 1.52. The zero-order valence-corrected chi connectivity index (χ0v) is 11.2. The number of hydrogen-bond donors (Lipinski definition) is 1. The van der Waals surface area contributed by atoms with Crippen LogP contribution in [0.1, 0.15) is 31.7 Å². The lowest BCUT2D eigenvalue weighted by molar-refractivity contribution is -0.119. The average Bonchev–Trinajstić information content (AvgIpc) is 2.29. The fourth-order valence-corrected chi connectivity index (χ4v) is 1.78. The lowest BCUT2D eigenvalue weighted by Crippen LogP contribution is -2.31. The third-order valence-electron chi connectivity index (χ3n) is 2.57. The van der Waals surface area contributed by atoms with Crippen molar-refractivity contribution in [3.63, 3.8) is 0 Å². The van der Waals surface area contributed by atoms with Crippen molar-refractivity contribution in [2.24, 2.45) is 5.73 Å². The van der Waals surface area contributed by atoms with E-state index in [1.807, 2.05) is 24.3 Å². The van der Waals surface area contributed by atoms with E-state index >= 15 is 0 Å². The summed E-state index contributed by atoms with van der Waals surface area (Å²) >= 11 is 3.37. The molecule has 1 rings (SSSR count). The first-order valence-corrected chi connectivity index (χ1v) is 6.45. The molecule has 3 heteroatoms. The lowest BCUT2D eigenvalue weighted by atomic mass is 10.0. The van der Waals surface area contributed by atoms with Gasteiger partial charge in [0.05, 0.1) is 6.04 Å². The van der Waals surface area contributed by atoms with Crippen LogP contribution in [-0.4, -0.2) is 11.8 Å². The molecular weight excluding hydrogens is 266 g/mol. The molecule has 1 unspecified atom stereocenters. The predicted octanol–water partition coefficient (Wildman–Crippen LogP) is 3.08. The van der Waals surface area contributed by atoms with E-state index in [0.29, 0.717) is 6.42 Å². The number of Topliss-reactive ketones (excluding diaryl/α,β-unsaturated/α-hetero) is 1. The third kappa shape index (κ3) is 4.45. The number of rotatable bonds is 6. The summed E-state index contributed by atoms with van der Waals surface area (Å²) in [4.78, 5) is 11.8. The molecule has 0 heterocycles. The van der Waals surface area contributed by atoms with Gasteiger partial charge in [0, 0.05) is 10.9 Å². The van der Waals surface area contributed by atoms with Crippen molar-refractivity contribution in [2.75, 3.05) is 0 Å². The van der Waals surface area contributed by atoms with E-state index in [1.54, 1.807) is 0 Å². The van der Waals surface area contributed by atoms with E-state index in [9.17, 15) is 4.79 Å². The molecule has 0 saturated heterocycles. The molecule has 0 aliphatic carbocycles. The molecule has 1 atom stereocenters. The monoisotopic (exact) mass is 283 g/mol. The van der Waals surface area contributed by atoms with Gasteiger partial charge < -0.3 is 5.73 Å². The highest BCUT2D eigenvalue weighted by Crippen LogP contribution is 2.12. The lowest BCUT2D eigenvalue weighted by Gasteiger charge is -2.09. The smallest absolute Gasteiger partial charge is 0.153 e. The molecule has 1 aromatic carbocycles. The van der Waals surface area contributed by atoms with Crippen LogP contribution in [0.2, 0.25) is 0 Å². The number of nitrogens with two attached hydrogens (primary N) is 1. The SMILES string of the molecule is CCCCC(N)C(=O)Cc1ccc(Br)cc1. The van der Waals surface area contributed by atoms with Gasteiger partial charge in [-0.3, -0.25) is 4.79 Å². The van der Waals surface area contributed by atoms with E-state index in [1.165, 1.54) is 0 Å². The molecule has 1 aromatic rings. The van der Waals surface area contributed by atoms with Gasteiger partial charge in [-0.1, -0.05) is 47.8 Å². The van der Waals surface area contributed by atoms with Crippen LogP contribution in [0.3, 0.4) is 0 Å². The molecule has 0 fully saturated rings. The molecule has 0 aromatic heterocycles. The van der Waals surface area contributed by atoms with Crippen LogP contribution in [0.4, 0.5) is 0 Å². The summed E-state index contributed by atoms with van der Waals surface area (Å²) in [6.07, 6.45) is 3.34. The Morgan fingerprint density at radius 2 is 2.00 bits per heavy atom. The van der Waals surface area contributed by atoms with Gasteiger partial charge in [-0.15, -0.1) is 0 Å². The molecule has 88 valence electrons. The Labute approximate surface area is 105 Å². The first-order chi connectivity index (χ1) is 7.63. The van der Waals surface area contributed by atoms with E-state index < -0.39 is 0 Å². The summed E-state index contributed by atoms with van der Waals surface area (Å²) in [5.74, 6) is 0.135. The molecule has 0 aliphatic rings. The van der Waals surface area contributed by atoms with Crippen LogP contribution in [0, 0.1) is 0 Å². The van der Waals surface area contributed by atoms with Crippen molar-refractivity contribution in [1.29, 1.82) is 0 Å². The number of halogens is 1. The maximum Gasteiger partial charge on any atom is 0.153 e. The predicted molar refractivity (Wildman–Crippen MR) is 70.4 cm³/mol. The van der Waals surface area contributed by atoms with Crippen molar-refractivity contribution in [3.8, 4) is 0 Å². The second-order valence-electron chi connectivity index (χ2n) is 4.02. The summed E-state index contributed by atoms with van der Waals surface area (Å²) in [7, 11) is 0. The third-order valence-corrected chi connectivity index (χ3v) is 3.10. The van der Waals surface area contributed by atoms with Gasteiger partial charge in [-0.2, -0.15) is 0 Å². The quantitative estimate of drug-likeness (QED) is 0.872. The molecular formula is C13H18BrNO. The Morgan fingerprint density at radius 3 is 2.56 bits per heavy atom. The summed E-state index contributed by atoms with van der Waals surface area (Å²) in [6, 6.07) is 7.49. The molecule has 16 heavy (non-hydrogen) atoms. The van der Waals surface area contributed by atoms with Gasteiger partial charge in [0.15, 0.2) is 5.78 Å². The molecule has 0 amide bonds. The number of benzene rings is 1. The van der Waals surface area contributed by atoms with Gasteiger partial charge in [0.25, 0.3) is 0 Å². The molecule has 0 spiro atoms. The highest BCUT2D eigenvalue weighted by molar-refractivity contribution is 9.10. The van der Waals surface area contributed by atoms with Crippen molar-refractivity contribution >= 4 is 21.7 Å². The Hall–Kier alpha value is -0.670. The Balaban J connectivity index is 2.47. The Morgan fingerprint density at radius 1 is 1.38 bits per heavy atom. The molecule has 2 N–H and O–H groups in total. The van der Waals surface area contributed by atoms with Gasteiger partial charge in [-0.25, -0.2) is 0 Å². The maximum absolute atomic E-state index is 11.8. The summed E-state index contributed by atoms with van der Waals surface area (Å²) < 4.78 is 1.03. The fraction of sp³-hybridized carbons (Fsp3) is 0.462. The normalized spacial score (nSPS) is 12.4. The van der Waals surface area contributed by atoms with Gasteiger partial charge in [-0.05, 0) is 24.1 Å². The molecule has 0 aliphatic heterocycles. The Bertz CT molecular complexity index is 334. The highest BCUT2D eigenvalue weighted by Gasteiger charge is 2.12. The molecule has 0 saturated carbocycles. The van der Waals surface area contributed by atoms with Crippen molar-refractivity contribution in [2.45, 2.75) is 38.6 Å². The molecule has 2 nitrogen and oxygen atoms in total. The molecule has 0 bridgehead atoms. The van der Waals surface area contributed by atoms with E-state index in [2.05, 4.69) is 22.9 Å². The minimum atomic E-state index is -0.302. The average molecular weight is 284 g/mol. The second-order valence-corrected chi connectivity index (χ2v) is 4.93. The number of ketones is 1. The zero-order valence-electron chi connectivity index (χ0n) is 9.58. The first-order valence-electron chi connectivity index (χ1n) is 5.66. The minimum absolute atomic E-state index is 0.135. The first kappa shape index (κ1) is 13.4. The van der Waals surface area contributed by atoms with Crippen LogP contribution in [0.5, 0.6) is 0 Å². The van der Waals surface area contributed by atoms with Crippen LogP contribution in [-0.2, 0) is 11.2 Å². The number of carbonyl (C=O) groups excluding carboxylic acids is 1. The summed E-state index contributed by atoms with van der Waals surface area (Å²) in [5, 5.41) is 0. The standard InChI is InChI=1S/C13H18BrNO/c1-2-3-4-12(15)13(16)9-10-5-7-11(14)8-6-10/h5-8,12H,2-4,9,15H2,1H3. The largest absolute Gasteiger partial charge is 0.321 e. The number of unbranched alkanes of at least 4 members (excludes halogenated alkanes) is 1. The van der Waals surface area contributed by atoms with Crippen LogP contribution in [0.25, 0.3) is 0 Å². The van der Waals surface area contributed by atoms with Crippen molar-refractivity contribution < 1.29 is 4.79 Å². The van der Waals surface area contributed by atoms with Crippen LogP contribution in [0.15, 0.2) is 28.7 Å². The maximum atomic E-state index is 11.8. The molecule has 0 radical (unpaired) electrons. The van der Waals surface area contributed by atoms with Gasteiger partial charge in [0.1, 0.15) is 0 Å². The summed E-state index contributed by atoms with van der Waals surface area (Å²) in [5.41, 5.74) is 6.85. The van der Waals surface area contributed by atoms with E-state index in [-0.39, 0.29) is 11.8 Å². The minimum Gasteiger partial charge on any atom is -0.321 e. The van der Waals surface area contributed by atoms with Crippen molar-refractivity contribution in [3.05, 3.63) is 34.3 Å². The van der Waals surface area contributed by atoms with E-state index in [4.69, 9.17) is 5.73 Å². The van der Waals surface area contributed by atoms with E-state index in [0.717, 1.165) is 29.3 Å². The summed E-state index contributed by atoms with van der Waals surface area (Å²) in [6.45, 7) is 2.10. The number of carbonyl (C=O) groups is 1. The van der Waals surface area contributed by atoms with Crippen molar-refractivity contribution in [1.82, 2.24) is 0 Å². The van der Waals surface area contributed by atoms with Gasteiger partial charge in [0.2, 0.25) is 0 Å². The Kier molecular flexibility index (Phi) is 5.71. The van der Waals surface area contributed by atoms with Crippen LogP contribution >= 0.6 is 15.9 Å².